The molecule has 40 heavy (non-hydrogen) atoms. The van der Waals surface area contributed by atoms with E-state index in [4.69, 9.17) is 27.9 Å². The molecule has 3 aromatic carbocycles. The zero-order chi connectivity index (χ0) is 29.3. The van der Waals surface area contributed by atoms with Gasteiger partial charge in [-0.25, -0.2) is 8.42 Å². The van der Waals surface area contributed by atoms with Crippen LogP contribution in [0.5, 0.6) is 5.75 Å². The molecule has 0 saturated carbocycles. The first-order valence-electron chi connectivity index (χ1n) is 12.8. The van der Waals surface area contributed by atoms with Crippen molar-refractivity contribution < 1.29 is 22.7 Å². The predicted molar refractivity (Wildman–Crippen MR) is 158 cm³/mol. The van der Waals surface area contributed by atoms with Gasteiger partial charge in [0, 0.05) is 23.1 Å². The molecule has 1 atom stereocenters. The molecule has 11 heteroatoms. The molecule has 0 aliphatic heterocycles. The molecule has 0 radical (unpaired) electrons. The lowest BCUT2D eigenvalue weighted by Crippen LogP contribution is -2.51. The summed E-state index contributed by atoms with van der Waals surface area (Å²) in [6.45, 7) is 3.49. The normalized spacial score (nSPS) is 11.9. The highest BCUT2D eigenvalue weighted by Gasteiger charge is 2.32. The molecule has 0 fully saturated rings. The summed E-state index contributed by atoms with van der Waals surface area (Å²) in [5.74, 6) is -0.406. The maximum Gasteiger partial charge on any atom is 0.264 e. The second kappa shape index (κ2) is 14.4. The van der Waals surface area contributed by atoms with E-state index in [1.54, 1.807) is 67.6 Å². The van der Waals surface area contributed by atoms with E-state index in [2.05, 4.69) is 5.32 Å². The van der Waals surface area contributed by atoms with Gasteiger partial charge in [0.2, 0.25) is 11.8 Å². The summed E-state index contributed by atoms with van der Waals surface area (Å²) in [7, 11) is -2.65. The molecule has 3 rings (SSSR count). The van der Waals surface area contributed by atoms with Crippen LogP contribution in [0.2, 0.25) is 10.0 Å². The van der Waals surface area contributed by atoms with Crippen molar-refractivity contribution in [2.45, 2.75) is 44.2 Å². The Balaban J connectivity index is 2.01. The van der Waals surface area contributed by atoms with Crippen molar-refractivity contribution in [3.63, 3.8) is 0 Å². The first-order chi connectivity index (χ1) is 19.1. The molecular weight excluding hydrogens is 573 g/mol. The molecule has 214 valence electrons. The van der Waals surface area contributed by atoms with Crippen molar-refractivity contribution in [1.82, 2.24) is 10.2 Å². The van der Waals surface area contributed by atoms with E-state index in [1.807, 2.05) is 6.92 Å². The molecule has 0 heterocycles. The van der Waals surface area contributed by atoms with E-state index in [9.17, 15) is 18.0 Å². The number of ether oxygens (including phenoxy) is 1. The van der Waals surface area contributed by atoms with E-state index in [0.29, 0.717) is 27.9 Å². The zero-order valence-electron chi connectivity index (χ0n) is 22.6. The van der Waals surface area contributed by atoms with Crippen LogP contribution >= 0.6 is 23.2 Å². The average Bonchev–Trinajstić information content (AvgIpc) is 2.95. The van der Waals surface area contributed by atoms with E-state index in [1.165, 1.54) is 24.1 Å². The number of sulfonamides is 1. The molecule has 8 nitrogen and oxygen atoms in total. The van der Waals surface area contributed by atoms with Crippen LogP contribution in [0.4, 0.5) is 5.69 Å². The molecule has 0 saturated heterocycles. The van der Waals surface area contributed by atoms with Gasteiger partial charge in [0.25, 0.3) is 10.0 Å². The van der Waals surface area contributed by atoms with Gasteiger partial charge in [0.05, 0.1) is 17.7 Å². The number of nitrogens with zero attached hydrogens (tertiary/aromatic N) is 2. The molecular formula is C29H33Cl2N3O5S. The maximum absolute atomic E-state index is 13.9. The Labute approximate surface area is 245 Å². The number of unbranched alkanes of at least 4 members (excludes halogenated alkanes) is 1. The lowest BCUT2D eigenvalue weighted by molar-refractivity contribution is -0.139. The van der Waals surface area contributed by atoms with Gasteiger partial charge in [-0.05, 0) is 67.4 Å². The smallest absolute Gasteiger partial charge is 0.264 e. The molecule has 0 bridgehead atoms. The molecule has 3 aromatic rings. The largest absolute Gasteiger partial charge is 0.497 e. The number of hydrogen-bond acceptors (Lipinski definition) is 5. The van der Waals surface area contributed by atoms with Crippen molar-refractivity contribution in [2.24, 2.45) is 0 Å². The van der Waals surface area contributed by atoms with Crippen molar-refractivity contribution >= 4 is 50.7 Å². The summed E-state index contributed by atoms with van der Waals surface area (Å²) >= 11 is 12.5. The fourth-order valence-electron chi connectivity index (χ4n) is 3.95. The lowest BCUT2D eigenvalue weighted by atomic mass is 10.1. The Kier molecular flexibility index (Phi) is 11.2. The Morgan fingerprint density at radius 3 is 2.27 bits per heavy atom. The number of hydrogen-bond donors (Lipinski definition) is 1. The predicted octanol–water partition coefficient (Wildman–Crippen LogP) is 5.53. The van der Waals surface area contributed by atoms with Gasteiger partial charge in [0.15, 0.2) is 0 Å². The number of anilines is 1. The summed E-state index contributed by atoms with van der Waals surface area (Å²) in [6.07, 6.45) is 1.68. The number of carbonyl (C=O) groups excluding carboxylic acids is 2. The van der Waals surface area contributed by atoms with Crippen LogP contribution in [0.15, 0.2) is 77.7 Å². The number of rotatable bonds is 13. The average molecular weight is 607 g/mol. The van der Waals surface area contributed by atoms with Crippen molar-refractivity contribution in [3.05, 3.63) is 88.4 Å². The van der Waals surface area contributed by atoms with Gasteiger partial charge in [0.1, 0.15) is 18.3 Å². The monoisotopic (exact) mass is 605 g/mol. The Morgan fingerprint density at radius 2 is 1.68 bits per heavy atom. The standard InChI is InChI=1S/C29H33Cl2N3O5S/c1-4-5-17-32-29(36)21(2)33(19-22-11-12-23(30)18-27(22)31)28(35)20-34(24-13-15-25(39-3)16-14-24)40(37,38)26-9-7-6-8-10-26/h6-16,18,21H,4-5,17,19-20H2,1-3H3,(H,32,36). The molecule has 1 N–H and O–H groups in total. The zero-order valence-corrected chi connectivity index (χ0v) is 25.0. The first kappa shape index (κ1) is 31.3. The number of nitrogens with one attached hydrogen (secondary N) is 1. The summed E-state index contributed by atoms with van der Waals surface area (Å²) < 4.78 is 33.8. The maximum atomic E-state index is 13.9. The minimum Gasteiger partial charge on any atom is -0.497 e. The van der Waals surface area contributed by atoms with Crippen molar-refractivity contribution in [2.75, 3.05) is 24.5 Å². The van der Waals surface area contributed by atoms with Crippen LogP contribution < -0.4 is 14.4 Å². The summed E-state index contributed by atoms with van der Waals surface area (Å²) in [5, 5.41) is 3.60. The van der Waals surface area contributed by atoms with Crippen LogP contribution in [-0.4, -0.2) is 51.4 Å². The third-order valence-electron chi connectivity index (χ3n) is 6.32. The number of benzene rings is 3. The van der Waals surface area contributed by atoms with Crippen LogP contribution in [0.25, 0.3) is 0 Å². The van der Waals surface area contributed by atoms with Gasteiger partial charge in [-0.3, -0.25) is 13.9 Å². The van der Waals surface area contributed by atoms with Crippen LogP contribution in [0.1, 0.15) is 32.3 Å². The highest BCUT2D eigenvalue weighted by atomic mass is 35.5. The van der Waals surface area contributed by atoms with E-state index in [0.717, 1.165) is 17.1 Å². The second-order valence-corrected chi connectivity index (χ2v) is 11.8. The van der Waals surface area contributed by atoms with Gasteiger partial charge in [-0.2, -0.15) is 0 Å². The number of amides is 2. The summed E-state index contributed by atoms with van der Waals surface area (Å²) in [4.78, 5) is 28.3. The lowest BCUT2D eigenvalue weighted by Gasteiger charge is -2.32. The molecule has 0 aliphatic carbocycles. The van der Waals surface area contributed by atoms with Gasteiger partial charge in [-0.15, -0.1) is 0 Å². The Hall–Kier alpha value is -3.27. The third kappa shape index (κ3) is 7.90. The van der Waals surface area contributed by atoms with Crippen molar-refractivity contribution in [3.8, 4) is 5.75 Å². The SMILES string of the molecule is CCCCNC(=O)C(C)N(Cc1ccc(Cl)cc1Cl)C(=O)CN(c1ccc(OC)cc1)S(=O)(=O)c1ccccc1. The molecule has 0 aromatic heterocycles. The fraction of sp³-hybridized carbons (Fsp3) is 0.310. The minimum absolute atomic E-state index is 0.0243. The number of methoxy groups -OCH3 is 1. The minimum atomic E-state index is -4.15. The Bertz CT molecular complexity index is 1400. The van der Waals surface area contributed by atoms with E-state index in [-0.39, 0.29) is 23.0 Å². The molecule has 0 spiro atoms. The quantitative estimate of drug-likeness (QED) is 0.258. The molecule has 2 amide bonds. The van der Waals surface area contributed by atoms with Gasteiger partial charge >= 0.3 is 0 Å². The van der Waals surface area contributed by atoms with E-state index < -0.39 is 28.5 Å². The van der Waals surface area contributed by atoms with E-state index >= 15 is 0 Å². The van der Waals surface area contributed by atoms with Crippen LogP contribution in [0.3, 0.4) is 0 Å². The second-order valence-electron chi connectivity index (χ2n) is 9.10. The van der Waals surface area contributed by atoms with Crippen LogP contribution in [-0.2, 0) is 26.2 Å². The summed E-state index contributed by atoms with van der Waals surface area (Å²) in [6, 6.07) is 18.2. The highest BCUT2D eigenvalue weighted by Crippen LogP contribution is 2.27. The number of carbonyl (C=O) groups is 2. The third-order valence-corrected chi connectivity index (χ3v) is 8.70. The number of halogens is 2. The van der Waals surface area contributed by atoms with Gasteiger partial charge < -0.3 is 15.0 Å². The van der Waals surface area contributed by atoms with Crippen LogP contribution in [0, 0.1) is 0 Å². The highest BCUT2D eigenvalue weighted by molar-refractivity contribution is 7.92. The topological polar surface area (TPSA) is 96.0 Å². The fourth-order valence-corrected chi connectivity index (χ4v) is 5.85. The molecule has 0 aliphatic rings. The van der Waals surface area contributed by atoms with Crippen molar-refractivity contribution in [1.29, 1.82) is 0 Å². The van der Waals surface area contributed by atoms with Gasteiger partial charge in [-0.1, -0.05) is 60.8 Å². The first-order valence-corrected chi connectivity index (χ1v) is 15.0. The molecule has 1 unspecified atom stereocenters. The Morgan fingerprint density at radius 1 is 1.00 bits per heavy atom. The summed E-state index contributed by atoms with van der Waals surface area (Å²) in [5.41, 5.74) is 0.831.